The molecular formula is C16H17ClFNO2. The zero-order chi connectivity index (χ0) is 15.2. The van der Waals surface area contributed by atoms with Gasteiger partial charge in [-0.3, -0.25) is 0 Å². The van der Waals surface area contributed by atoms with Gasteiger partial charge in [0.05, 0.1) is 7.11 Å². The number of hydrogen-bond donors (Lipinski definition) is 1. The SMILES string of the molecule is COc1ccc(CCN)cc1OCc1ccc(Cl)cc1F. The van der Waals surface area contributed by atoms with E-state index in [1.165, 1.54) is 6.07 Å². The molecule has 0 saturated carbocycles. The summed E-state index contributed by atoms with van der Waals surface area (Å²) in [5.41, 5.74) is 7.03. The van der Waals surface area contributed by atoms with Crippen LogP contribution in [0.1, 0.15) is 11.1 Å². The van der Waals surface area contributed by atoms with Gasteiger partial charge in [0.25, 0.3) is 0 Å². The summed E-state index contributed by atoms with van der Waals surface area (Å²) in [6.45, 7) is 0.656. The standard InChI is InChI=1S/C16H17ClFNO2/c1-20-15-5-2-11(6-7-19)8-16(15)21-10-12-3-4-13(17)9-14(12)18/h2-5,8-9H,6-7,10,19H2,1H3. The minimum Gasteiger partial charge on any atom is -0.493 e. The molecule has 0 unspecified atom stereocenters. The largest absolute Gasteiger partial charge is 0.493 e. The van der Waals surface area contributed by atoms with E-state index in [1.807, 2.05) is 18.2 Å². The lowest BCUT2D eigenvalue weighted by Crippen LogP contribution is -2.04. The molecule has 0 aromatic heterocycles. The maximum Gasteiger partial charge on any atom is 0.161 e. The molecule has 5 heteroatoms. The van der Waals surface area contributed by atoms with E-state index < -0.39 is 0 Å². The fourth-order valence-corrected chi connectivity index (χ4v) is 2.11. The lowest BCUT2D eigenvalue weighted by atomic mass is 10.1. The van der Waals surface area contributed by atoms with Crippen molar-refractivity contribution in [1.29, 1.82) is 0 Å². The molecule has 21 heavy (non-hydrogen) atoms. The van der Waals surface area contributed by atoms with E-state index in [2.05, 4.69) is 0 Å². The topological polar surface area (TPSA) is 44.5 Å². The van der Waals surface area contributed by atoms with Gasteiger partial charge in [-0.15, -0.1) is 0 Å². The Hall–Kier alpha value is -1.78. The molecule has 2 aromatic carbocycles. The zero-order valence-electron chi connectivity index (χ0n) is 11.7. The van der Waals surface area contributed by atoms with Gasteiger partial charge in [-0.2, -0.15) is 0 Å². The minimum atomic E-state index is -0.389. The average Bonchev–Trinajstić information content (AvgIpc) is 2.47. The molecule has 0 spiro atoms. The van der Waals surface area contributed by atoms with Gasteiger partial charge in [0.15, 0.2) is 11.5 Å². The van der Waals surface area contributed by atoms with Crippen molar-refractivity contribution in [3.8, 4) is 11.5 Å². The molecule has 0 bridgehead atoms. The first-order valence-corrected chi connectivity index (χ1v) is 6.95. The predicted molar refractivity (Wildman–Crippen MR) is 81.5 cm³/mol. The number of benzene rings is 2. The molecule has 0 aliphatic heterocycles. The average molecular weight is 310 g/mol. The second kappa shape index (κ2) is 7.29. The van der Waals surface area contributed by atoms with Crippen LogP contribution < -0.4 is 15.2 Å². The second-order valence-electron chi connectivity index (χ2n) is 4.55. The van der Waals surface area contributed by atoms with Crippen molar-refractivity contribution in [2.45, 2.75) is 13.0 Å². The van der Waals surface area contributed by atoms with Gasteiger partial charge in [-0.05, 0) is 42.8 Å². The number of ether oxygens (including phenoxy) is 2. The predicted octanol–water partition coefficient (Wildman–Crippen LogP) is 3.57. The minimum absolute atomic E-state index is 0.103. The molecule has 0 radical (unpaired) electrons. The van der Waals surface area contributed by atoms with E-state index in [0.717, 1.165) is 12.0 Å². The van der Waals surface area contributed by atoms with E-state index >= 15 is 0 Å². The van der Waals surface area contributed by atoms with Crippen LogP contribution in [0.25, 0.3) is 0 Å². The summed E-state index contributed by atoms with van der Waals surface area (Å²) in [5.74, 6) is 0.780. The number of methoxy groups -OCH3 is 1. The molecular weight excluding hydrogens is 293 g/mol. The Kier molecular flexibility index (Phi) is 5.42. The Balaban J connectivity index is 2.16. The van der Waals surface area contributed by atoms with Crippen molar-refractivity contribution in [2.75, 3.05) is 13.7 Å². The number of hydrogen-bond acceptors (Lipinski definition) is 3. The van der Waals surface area contributed by atoms with E-state index in [9.17, 15) is 4.39 Å². The van der Waals surface area contributed by atoms with Crippen LogP contribution in [-0.2, 0) is 13.0 Å². The summed E-state index contributed by atoms with van der Waals surface area (Å²) < 4.78 is 24.6. The van der Waals surface area contributed by atoms with Crippen LogP contribution in [0.15, 0.2) is 36.4 Å². The van der Waals surface area contributed by atoms with Gasteiger partial charge < -0.3 is 15.2 Å². The summed E-state index contributed by atoms with van der Waals surface area (Å²) in [7, 11) is 1.56. The first-order chi connectivity index (χ1) is 10.1. The van der Waals surface area contributed by atoms with Crippen LogP contribution in [0.5, 0.6) is 11.5 Å². The third-order valence-electron chi connectivity index (χ3n) is 3.06. The maximum absolute atomic E-state index is 13.7. The van der Waals surface area contributed by atoms with E-state index in [1.54, 1.807) is 19.2 Å². The van der Waals surface area contributed by atoms with Crippen molar-refractivity contribution < 1.29 is 13.9 Å². The van der Waals surface area contributed by atoms with Crippen LogP contribution in [0.2, 0.25) is 5.02 Å². The van der Waals surface area contributed by atoms with E-state index in [4.69, 9.17) is 26.8 Å². The first-order valence-electron chi connectivity index (χ1n) is 6.57. The lowest BCUT2D eigenvalue weighted by Gasteiger charge is -2.12. The van der Waals surface area contributed by atoms with Crippen molar-refractivity contribution in [3.05, 3.63) is 58.4 Å². The zero-order valence-corrected chi connectivity index (χ0v) is 12.5. The highest BCUT2D eigenvalue weighted by Crippen LogP contribution is 2.29. The van der Waals surface area contributed by atoms with Crippen molar-refractivity contribution in [2.24, 2.45) is 5.73 Å². The highest BCUT2D eigenvalue weighted by atomic mass is 35.5. The fraction of sp³-hybridized carbons (Fsp3) is 0.250. The molecule has 2 rings (SSSR count). The molecule has 0 aliphatic carbocycles. The molecule has 112 valence electrons. The van der Waals surface area contributed by atoms with Crippen molar-refractivity contribution in [1.82, 2.24) is 0 Å². The monoisotopic (exact) mass is 309 g/mol. The maximum atomic E-state index is 13.7. The summed E-state index contributed by atoms with van der Waals surface area (Å²) in [6.07, 6.45) is 0.746. The Labute approximate surface area is 128 Å². The second-order valence-corrected chi connectivity index (χ2v) is 4.98. The lowest BCUT2D eigenvalue weighted by molar-refractivity contribution is 0.279. The van der Waals surface area contributed by atoms with Crippen LogP contribution in [0, 0.1) is 5.82 Å². The van der Waals surface area contributed by atoms with E-state index in [0.29, 0.717) is 28.6 Å². The van der Waals surface area contributed by atoms with Gasteiger partial charge in [-0.25, -0.2) is 4.39 Å². The summed E-state index contributed by atoms with van der Waals surface area (Å²) in [5, 5.41) is 0.360. The third kappa shape index (κ3) is 4.09. The van der Waals surface area contributed by atoms with Crippen molar-refractivity contribution >= 4 is 11.6 Å². The molecule has 0 amide bonds. The summed E-state index contributed by atoms with van der Waals surface area (Å²) in [4.78, 5) is 0. The Morgan fingerprint density at radius 1 is 1.14 bits per heavy atom. The Bertz CT molecular complexity index is 619. The van der Waals surface area contributed by atoms with Crippen LogP contribution >= 0.6 is 11.6 Å². The molecule has 3 nitrogen and oxygen atoms in total. The van der Waals surface area contributed by atoms with Crippen LogP contribution in [0.4, 0.5) is 4.39 Å². The van der Waals surface area contributed by atoms with Crippen molar-refractivity contribution in [3.63, 3.8) is 0 Å². The third-order valence-corrected chi connectivity index (χ3v) is 3.29. The number of rotatable bonds is 6. The van der Waals surface area contributed by atoms with Gasteiger partial charge in [0.1, 0.15) is 12.4 Å². The fourth-order valence-electron chi connectivity index (χ4n) is 1.95. The van der Waals surface area contributed by atoms with Crippen LogP contribution in [0.3, 0.4) is 0 Å². The highest BCUT2D eigenvalue weighted by molar-refractivity contribution is 6.30. The molecule has 2 aromatic rings. The van der Waals surface area contributed by atoms with Crippen LogP contribution in [-0.4, -0.2) is 13.7 Å². The quantitative estimate of drug-likeness (QED) is 0.887. The molecule has 0 atom stereocenters. The molecule has 0 saturated heterocycles. The molecule has 2 N–H and O–H groups in total. The molecule has 0 aliphatic rings. The summed E-state index contributed by atoms with van der Waals surface area (Å²) >= 11 is 5.72. The number of nitrogens with two attached hydrogens (primary N) is 1. The normalized spacial score (nSPS) is 10.5. The van der Waals surface area contributed by atoms with Gasteiger partial charge in [0, 0.05) is 10.6 Å². The molecule has 0 heterocycles. The van der Waals surface area contributed by atoms with Gasteiger partial charge >= 0.3 is 0 Å². The Morgan fingerprint density at radius 3 is 2.62 bits per heavy atom. The smallest absolute Gasteiger partial charge is 0.161 e. The summed E-state index contributed by atoms with van der Waals surface area (Å²) in [6, 6.07) is 10.1. The van der Waals surface area contributed by atoms with Gasteiger partial charge in [-0.1, -0.05) is 23.7 Å². The Morgan fingerprint density at radius 2 is 1.95 bits per heavy atom. The van der Waals surface area contributed by atoms with E-state index in [-0.39, 0.29) is 12.4 Å². The highest BCUT2D eigenvalue weighted by Gasteiger charge is 2.08. The number of halogens is 2. The van der Waals surface area contributed by atoms with Gasteiger partial charge in [0.2, 0.25) is 0 Å². The first kappa shape index (κ1) is 15.6. The molecule has 0 fully saturated rings.